The molecule has 0 unspecified atom stereocenters. The molecule has 0 aliphatic heterocycles. The number of hydrogen-bond acceptors (Lipinski definition) is 2. The van der Waals surface area contributed by atoms with Crippen LogP contribution in [-0.2, 0) is 6.54 Å². The molecule has 0 aliphatic rings. The van der Waals surface area contributed by atoms with Gasteiger partial charge in [0.1, 0.15) is 0 Å². The second-order valence-corrected chi connectivity index (χ2v) is 5.31. The molecule has 1 aromatic carbocycles. The first kappa shape index (κ1) is 11.5. The lowest BCUT2D eigenvalue weighted by atomic mass is 10.2. The van der Waals surface area contributed by atoms with Gasteiger partial charge in [0.25, 0.3) is 0 Å². The monoisotopic (exact) mass is 349 g/mol. The average molecular weight is 349 g/mol. The second-order valence-electron chi connectivity index (χ2n) is 4.06. The van der Waals surface area contributed by atoms with Gasteiger partial charge in [-0.2, -0.15) is 5.10 Å². The molecular weight excluding hydrogens is 337 g/mol. The maximum absolute atomic E-state index is 4.32. The Kier molecular flexibility index (Phi) is 3.19. The Morgan fingerprint density at radius 2 is 2.11 bits per heavy atom. The van der Waals surface area contributed by atoms with Crippen LogP contribution in [0.2, 0.25) is 0 Å². The van der Waals surface area contributed by atoms with Crippen LogP contribution in [0.4, 0.5) is 5.69 Å². The molecule has 3 nitrogen and oxygen atoms in total. The van der Waals surface area contributed by atoms with Crippen LogP contribution in [0, 0.1) is 3.57 Å². The van der Waals surface area contributed by atoms with Gasteiger partial charge < -0.3 is 5.32 Å². The number of fused-ring (bicyclic) bond motifs is 1. The van der Waals surface area contributed by atoms with E-state index in [0.717, 1.165) is 17.7 Å². The minimum Gasteiger partial charge on any atom is -0.381 e. The van der Waals surface area contributed by atoms with E-state index in [0.29, 0.717) is 0 Å². The molecule has 0 spiro atoms. The van der Waals surface area contributed by atoms with Gasteiger partial charge >= 0.3 is 0 Å². The fourth-order valence-corrected chi connectivity index (χ4v) is 2.46. The van der Waals surface area contributed by atoms with Gasteiger partial charge in [0.15, 0.2) is 0 Å². The molecule has 0 saturated heterocycles. The first-order chi connectivity index (χ1) is 8.83. The van der Waals surface area contributed by atoms with E-state index in [1.807, 2.05) is 29.0 Å². The summed E-state index contributed by atoms with van der Waals surface area (Å²) >= 11 is 2.32. The smallest absolute Gasteiger partial charge is 0.0711 e. The number of nitrogens with zero attached hydrogens (tertiary/aromatic N) is 2. The molecule has 4 heteroatoms. The zero-order valence-corrected chi connectivity index (χ0v) is 11.8. The topological polar surface area (TPSA) is 29.3 Å². The summed E-state index contributed by atoms with van der Waals surface area (Å²) in [5, 5.41) is 7.75. The molecule has 2 aromatic heterocycles. The number of nitrogens with one attached hydrogen (secondary N) is 1. The average Bonchev–Trinajstić information content (AvgIpc) is 2.80. The Labute approximate surface area is 119 Å². The molecule has 0 radical (unpaired) electrons. The van der Waals surface area contributed by atoms with Gasteiger partial charge in [0.05, 0.1) is 11.7 Å². The summed E-state index contributed by atoms with van der Waals surface area (Å²) in [6.07, 6.45) is 3.88. The molecule has 0 amide bonds. The quantitative estimate of drug-likeness (QED) is 0.733. The molecule has 0 aliphatic carbocycles. The first-order valence-electron chi connectivity index (χ1n) is 5.73. The molecule has 90 valence electrons. The van der Waals surface area contributed by atoms with E-state index >= 15 is 0 Å². The van der Waals surface area contributed by atoms with Gasteiger partial charge in [-0.05, 0) is 52.9 Å². The molecule has 1 N–H and O–H groups in total. The van der Waals surface area contributed by atoms with Crippen molar-refractivity contribution in [2.45, 2.75) is 6.54 Å². The van der Waals surface area contributed by atoms with Crippen LogP contribution in [-0.4, -0.2) is 9.61 Å². The lowest BCUT2D eigenvalue weighted by Gasteiger charge is -2.05. The minimum absolute atomic E-state index is 0.785. The van der Waals surface area contributed by atoms with Gasteiger partial charge in [-0.25, -0.2) is 4.52 Å². The van der Waals surface area contributed by atoms with E-state index < -0.39 is 0 Å². The van der Waals surface area contributed by atoms with Gasteiger partial charge in [0, 0.05) is 27.6 Å². The highest BCUT2D eigenvalue weighted by atomic mass is 127. The lowest BCUT2D eigenvalue weighted by molar-refractivity contribution is 0.961. The third kappa shape index (κ3) is 2.33. The predicted molar refractivity (Wildman–Crippen MR) is 81.7 cm³/mol. The molecule has 0 bridgehead atoms. The molecule has 3 rings (SSSR count). The summed E-state index contributed by atoms with van der Waals surface area (Å²) in [7, 11) is 0. The maximum Gasteiger partial charge on any atom is 0.0711 e. The van der Waals surface area contributed by atoms with Crippen molar-refractivity contribution in [2.75, 3.05) is 5.32 Å². The number of halogens is 1. The predicted octanol–water partition coefficient (Wildman–Crippen LogP) is 3.55. The normalized spacial score (nSPS) is 10.7. The zero-order valence-electron chi connectivity index (χ0n) is 9.68. The molecule has 0 atom stereocenters. The first-order valence-corrected chi connectivity index (χ1v) is 6.81. The Morgan fingerprint density at radius 3 is 3.00 bits per heavy atom. The van der Waals surface area contributed by atoms with Crippen LogP contribution >= 0.6 is 22.6 Å². The highest BCUT2D eigenvalue weighted by Crippen LogP contribution is 2.15. The van der Waals surface area contributed by atoms with Crippen LogP contribution < -0.4 is 5.32 Å². The Bertz CT molecular complexity index is 675. The highest BCUT2D eigenvalue weighted by molar-refractivity contribution is 14.1. The zero-order chi connectivity index (χ0) is 12.4. The maximum atomic E-state index is 4.32. The Balaban J connectivity index is 1.81. The van der Waals surface area contributed by atoms with Crippen LogP contribution in [0.25, 0.3) is 5.52 Å². The number of aromatic nitrogens is 2. The second kappa shape index (κ2) is 4.97. The summed E-state index contributed by atoms with van der Waals surface area (Å²) in [4.78, 5) is 0. The third-order valence-corrected chi connectivity index (χ3v) is 3.48. The Morgan fingerprint density at radius 1 is 1.17 bits per heavy atom. The van der Waals surface area contributed by atoms with Crippen molar-refractivity contribution < 1.29 is 0 Å². The van der Waals surface area contributed by atoms with Gasteiger partial charge in [0.2, 0.25) is 0 Å². The number of hydrogen-bond donors (Lipinski definition) is 1. The number of pyridine rings is 1. The van der Waals surface area contributed by atoms with Gasteiger partial charge in [-0.15, -0.1) is 0 Å². The van der Waals surface area contributed by atoms with Crippen molar-refractivity contribution in [2.24, 2.45) is 0 Å². The minimum atomic E-state index is 0.785. The molecular formula is C14H12IN3. The summed E-state index contributed by atoms with van der Waals surface area (Å²) in [5.74, 6) is 0. The van der Waals surface area contributed by atoms with E-state index in [1.54, 1.807) is 0 Å². The van der Waals surface area contributed by atoms with Crippen LogP contribution in [0.3, 0.4) is 0 Å². The number of rotatable bonds is 3. The summed E-state index contributed by atoms with van der Waals surface area (Å²) in [5.41, 5.74) is 3.49. The number of anilines is 1. The van der Waals surface area contributed by atoms with Crippen molar-refractivity contribution >= 4 is 33.8 Å². The molecule has 3 aromatic rings. The van der Waals surface area contributed by atoms with E-state index in [1.165, 1.54) is 9.13 Å². The fourth-order valence-electron chi connectivity index (χ4n) is 1.92. The summed E-state index contributed by atoms with van der Waals surface area (Å²) in [6, 6.07) is 14.4. The van der Waals surface area contributed by atoms with Crippen molar-refractivity contribution in [3.8, 4) is 0 Å². The molecule has 0 fully saturated rings. The largest absolute Gasteiger partial charge is 0.381 e. The molecule has 0 saturated carbocycles. The standard InChI is InChI=1S/C14H12IN3/c15-12-4-3-5-13(8-12)16-9-11-10-17-18-7-2-1-6-14(11)18/h1-8,10,16H,9H2. The van der Waals surface area contributed by atoms with E-state index in [4.69, 9.17) is 0 Å². The van der Waals surface area contributed by atoms with Crippen molar-refractivity contribution in [1.29, 1.82) is 0 Å². The summed E-state index contributed by atoms with van der Waals surface area (Å²) in [6.45, 7) is 0.785. The van der Waals surface area contributed by atoms with Gasteiger partial charge in [-0.1, -0.05) is 12.1 Å². The van der Waals surface area contributed by atoms with Crippen LogP contribution in [0.15, 0.2) is 54.9 Å². The van der Waals surface area contributed by atoms with E-state index in [2.05, 4.69) is 63.3 Å². The summed E-state index contributed by atoms with van der Waals surface area (Å²) < 4.78 is 3.13. The molecule has 2 heterocycles. The highest BCUT2D eigenvalue weighted by Gasteiger charge is 2.02. The van der Waals surface area contributed by atoms with Crippen LogP contribution in [0.1, 0.15) is 5.56 Å². The lowest BCUT2D eigenvalue weighted by Crippen LogP contribution is -1.99. The number of benzene rings is 1. The van der Waals surface area contributed by atoms with Gasteiger partial charge in [-0.3, -0.25) is 0 Å². The third-order valence-electron chi connectivity index (χ3n) is 2.81. The van der Waals surface area contributed by atoms with E-state index in [-0.39, 0.29) is 0 Å². The Hall–Kier alpha value is -1.56. The molecule has 18 heavy (non-hydrogen) atoms. The van der Waals surface area contributed by atoms with E-state index in [9.17, 15) is 0 Å². The SMILES string of the molecule is Ic1cccc(NCc2cnn3ccccc23)c1. The van der Waals surface area contributed by atoms with Crippen LogP contribution in [0.5, 0.6) is 0 Å². The van der Waals surface area contributed by atoms with Crippen molar-refractivity contribution in [1.82, 2.24) is 9.61 Å². The van der Waals surface area contributed by atoms with Crippen molar-refractivity contribution in [3.63, 3.8) is 0 Å². The fraction of sp³-hybridized carbons (Fsp3) is 0.0714. The van der Waals surface area contributed by atoms with Crippen molar-refractivity contribution in [3.05, 3.63) is 64.0 Å².